The summed E-state index contributed by atoms with van der Waals surface area (Å²) < 4.78 is 0. The average molecular weight is 251 g/mol. The van der Waals surface area contributed by atoms with E-state index in [4.69, 9.17) is 11.6 Å². The highest BCUT2D eigenvalue weighted by molar-refractivity contribution is 6.31. The monoisotopic (exact) mass is 250 g/mol. The van der Waals surface area contributed by atoms with Gasteiger partial charge in [-0.15, -0.1) is 0 Å². The zero-order chi connectivity index (χ0) is 12.3. The Morgan fingerprint density at radius 2 is 2.29 bits per heavy atom. The predicted molar refractivity (Wildman–Crippen MR) is 63.7 cm³/mol. The fraction of sp³-hybridized carbons (Fsp3) is 0.182. The van der Waals surface area contributed by atoms with Gasteiger partial charge < -0.3 is 5.32 Å². The number of H-pyrrole nitrogens is 1. The first-order valence-electron chi connectivity index (χ1n) is 5.05. The molecule has 0 saturated carbocycles. The van der Waals surface area contributed by atoms with Crippen LogP contribution in [0.2, 0.25) is 5.02 Å². The lowest BCUT2D eigenvalue weighted by Crippen LogP contribution is -2.23. The molecule has 0 fully saturated rings. The lowest BCUT2D eigenvalue weighted by atomic mass is 10.1. The number of rotatable bonds is 3. The lowest BCUT2D eigenvalue weighted by Gasteiger charge is -2.04. The molecule has 0 aliphatic rings. The van der Waals surface area contributed by atoms with Gasteiger partial charge in [0.05, 0.1) is 6.54 Å². The maximum Gasteiger partial charge on any atom is 0.251 e. The number of benzene rings is 1. The largest absolute Gasteiger partial charge is 0.345 e. The van der Waals surface area contributed by atoms with Crippen LogP contribution in [0.5, 0.6) is 0 Å². The molecule has 0 aliphatic carbocycles. The van der Waals surface area contributed by atoms with Gasteiger partial charge >= 0.3 is 0 Å². The number of halogens is 1. The molecule has 0 unspecified atom stereocenters. The van der Waals surface area contributed by atoms with Crippen molar-refractivity contribution in [2.75, 3.05) is 0 Å². The van der Waals surface area contributed by atoms with Gasteiger partial charge in [-0.1, -0.05) is 11.6 Å². The van der Waals surface area contributed by atoms with Gasteiger partial charge in [0.15, 0.2) is 0 Å². The van der Waals surface area contributed by atoms with Crippen molar-refractivity contribution in [3.05, 3.63) is 46.5 Å². The zero-order valence-corrected chi connectivity index (χ0v) is 9.95. The summed E-state index contributed by atoms with van der Waals surface area (Å²) in [6, 6.07) is 5.21. The van der Waals surface area contributed by atoms with E-state index in [1.807, 2.05) is 6.92 Å². The molecule has 88 valence electrons. The maximum atomic E-state index is 11.8. The van der Waals surface area contributed by atoms with Crippen molar-refractivity contribution in [3.63, 3.8) is 0 Å². The maximum absolute atomic E-state index is 11.8. The Morgan fingerprint density at radius 3 is 2.94 bits per heavy atom. The Bertz CT molecular complexity index is 504. The highest BCUT2D eigenvalue weighted by Crippen LogP contribution is 2.14. The smallest absolute Gasteiger partial charge is 0.251 e. The normalized spacial score (nSPS) is 10.2. The molecule has 1 aromatic carbocycles. The fourth-order valence-corrected chi connectivity index (χ4v) is 1.74. The summed E-state index contributed by atoms with van der Waals surface area (Å²) in [5, 5.41) is 9.63. The van der Waals surface area contributed by atoms with Crippen molar-refractivity contribution < 1.29 is 4.79 Å². The second-order valence-corrected chi connectivity index (χ2v) is 4.07. The van der Waals surface area contributed by atoms with Crippen molar-refractivity contribution >= 4 is 17.5 Å². The molecule has 0 saturated heterocycles. The van der Waals surface area contributed by atoms with Crippen LogP contribution in [0.1, 0.15) is 21.7 Å². The second-order valence-electron chi connectivity index (χ2n) is 3.63. The van der Waals surface area contributed by atoms with E-state index in [1.165, 1.54) is 6.33 Å². The summed E-state index contributed by atoms with van der Waals surface area (Å²) in [7, 11) is 0. The van der Waals surface area contributed by atoms with Crippen LogP contribution in [-0.2, 0) is 6.54 Å². The number of amides is 1. The molecule has 0 atom stereocenters. The van der Waals surface area contributed by atoms with E-state index >= 15 is 0 Å². The van der Waals surface area contributed by atoms with E-state index in [0.717, 1.165) is 5.56 Å². The topological polar surface area (TPSA) is 70.7 Å². The summed E-state index contributed by atoms with van der Waals surface area (Å²) in [5.74, 6) is 0.420. The zero-order valence-electron chi connectivity index (χ0n) is 9.20. The molecule has 1 amide bonds. The highest BCUT2D eigenvalue weighted by atomic mass is 35.5. The summed E-state index contributed by atoms with van der Waals surface area (Å²) in [6.07, 6.45) is 1.39. The molecule has 17 heavy (non-hydrogen) atoms. The van der Waals surface area contributed by atoms with Gasteiger partial charge in [0.2, 0.25) is 0 Å². The van der Waals surface area contributed by atoms with E-state index in [9.17, 15) is 4.79 Å². The van der Waals surface area contributed by atoms with E-state index < -0.39 is 0 Å². The molecule has 0 bridgehead atoms. The van der Waals surface area contributed by atoms with Gasteiger partial charge in [-0.05, 0) is 30.7 Å². The summed E-state index contributed by atoms with van der Waals surface area (Å²) in [6.45, 7) is 2.20. The number of aromatic amines is 1. The number of aryl methyl sites for hydroxylation is 1. The minimum absolute atomic E-state index is 0.188. The van der Waals surface area contributed by atoms with E-state index in [-0.39, 0.29) is 5.91 Å². The molecule has 1 aromatic heterocycles. The van der Waals surface area contributed by atoms with Crippen LogP contribution >= 0.6 is 11.6 Å². The molecule has 6 heteroatoms. The van der Waals surface area contributed by atoms with Gasteiger partial charge in [0.25, 0.3) is 5.91 Å². The Morgan fingerprint density at radius 1 is 1.47 bits per heavy atom. The first-order chi connectivity index (χ1) is 8.15. The summed E-state index contributed by atoms with van der Waals surface area (Å²) >= 11 is 5.89. The Labute approximate surface area is 103 Å². The molecule has 0 spiro atoms. The molecule has 2 aromatic rings. The Kier molecular flexibility index (Phi) is 3.39. The second kappa shape index (κ2) is 4.97. The van der Waals surface area contributed by atoms with Crippen LogP contribution in [0.15, 0.2) is 24.5 Å². The molecular weight excluding hydrogens is 240 g/mol. The van der Waals surface area contributed by atoms with Gasteiger partial charge in [-0.3, -0.25) is 9.89 Å². The van der Waals surface area contributed by atoms with Crippen LogP contribution in [0, 0.1) is 6.92 Å². The molecule has 2 N–H and O–H groups in total. The number of nitrogens with one attached hydrogen (secondary N) is 2. The molecule has 2 rings (SSSR count). The van der Waals surface area contributed by atoms with E-state index in [0.29, 0.717) is 23.0 Å². The minimum Gasteiger partial charge on any atom is -0.345 e. The predicted octanol–water partition coefficient (Wildman–Crippen LogP) is 1.70. The SMILES string of the molecule is Cc1cc(Cl)cc(C(=O)NCc2ncn[nH]2)c1. The van der Waals surface area contributed by atoms with E-state index in [2.05, 4.69) is 20.5 Å². The van der Waals surface area contributed by atoms with Crippen molar-refractivity contribution in [1.29, 1.82) is 0 Å². The third-order valence-corrected chi connectivity index (χ3v) is 2.40. The number of hydrogen-bond donors (Lipinski definition) is 2. The number of carbonyl (C=O) groups is 1. The molecular formula is C11H11ClN4O. The molecule has 5 nitrogen and oxygen atoms in total. The summed E-state index contributed by atoms with van der Waals surface area (Å²) in [5.41, 5.74) is 1.48. The third kappa shape index (κ3) is 3.04. The van der Waals surface area contributed by atoms with E-state index in [1.54, 1.807) is 18.2 Å². The van der Waals surface area contributed by atoms with Gasteiger partial charge in [-0.25, -0.2) is 4.98 Å². The van der Waals surface area contributed by atoms with Crippen molar-refractivity contribution in [2.45, 2.75) is 13.5 Å². The minimum atomic E-state index is -0.188. The Balaban J connectivity index is 2.04. The quantitative estimate of drug-likeness (QED) is 0.871. The standard InChI is InChI=1S/C11H11ClN4O/c1-7-2-8(4-9(12)3-7)11(17)13-5-10-14-6-15-16-10/h2-4,6H,5H2,1H3,(H,13,17)(H,14,15,16). The average Bonchev–Trinajstić information content (AvgIpc) is 2.77. The molecule has 1 heterocycles. The lowest BCUT2D eigenvalue weighted by molar-refractivity contribution is 0.0950. The van der Waals surface area contributed by atoms with Crippen molar-refractivity contribution in [3.8, 4) is 0 Å². The van der Waals surface area contributed by atoms with Crippen LogP contribution in [-0.4, -0.2) is 21.1 Å². The third-order valence-electron chi connectivity index (χ3n) is 2.19. The number of aromatic nitrogens is 3. The van der Waals surface area contributed by atoms with Crippen LogP contribution in [0.4, 0.5) is 0 Å². The summed E-state index contributed by atoms with van der Waals surface area (Å²) in [4.78, 5) is 15.7. The van der Waals surface area contributed by atoms with Crippen molar-refractivity contribution in [2.24, 2.45) is 0 Å². The van der Waals surface area contributed by atoms with Crippen molar-refractivity contribution in [1.82, 2.24) is 20.5 Å². The first kappa shape index (κ1) is 11.6. The molecule has 0 radical (unpaired) electrons. The highest BCUT2D eigenvalue weighted by Gasteiger charge is 2.07. The van der Waals surface area contributed by atoms with Gasteiger partial charge in [0, 0.05) is 10.6 Å². The Hall–Kier alpha value is -1.88. The van der Waals surface area contributed by atoms with Gasteiger partial charge in [-0.2, -0.15) is 5.10 Å². The molecule has 0 aliphatic heterocycles. The van der Waals surface area contributed by atoms with Crippen LogP contribution in [0.25, 0.3) is 0 Å². The number of nitrogens with zero attached hydrogens (tertiary/aromatic N) is 2. The fourth-order valence-electron chi connectivity index (χ4n) is 1.45. The number of hydrogen-bond acceptors (Lipinski definition) is 3. The number of carbonyl (C=O) groups excluding carboxylic acids is 1. The van der Waals surface area contributed by atoms with Crippen LogP contribution < -0.4 is 5.32 Å². The first-order valence-corrected chi connectivity index (χ1v) is 5.42. The van der Waals surface area contributed by atoms with Gasteiger partial charge in [0.1, 0.15) is 12.2 Å². The van der Waals surface area contributed by atoms with Crippen LogP contribution in [0.3, 0.4) is 0 Å².